The first-order valence-corrected chi connectivity index (χ1v) is 7.43. The maximum Gasteiger partial charge on any atom is 0.164 e. The molecule has 2 aromatic rings. The number of rotatable bonds is 7. The third-order valence-corrected chi connectivity index (χ3v) is 3.55. The molecule has 0 bridgehead atoms. The molecule has 1 aromatic heterocycles. The molecule has 0 fully saturated rings. The summed E-state index contributed by atoms with van der Waals surface area (Å²) in [4.78, 5) is 4.27. The lowest BCUT2D eigenvalue weighted by Gasteiger charge is -2.17. The summed E-state index contributed by atoms with van der Waals surface area (Å²) in [5, 5.41) is 7.48. The van der Waals surface area contributed by atoms with Crippen molar-refractivity contribution in [3.05, 3.63) is 41.5 Å². The van der Waals surface area contributed by atoms with Crippen LogP contribution in [0.2, 0.25) is 0 Å². The molecule has 0 aliphatic carbocycles. The van der Waals surface area contributed by atoms with Gasteiger partial charge in [-0.2, -0.15) is 5.10 Å². The van der Waals surface area contributed by atoms with Crippen molar-refractivity contribution in [2.45, 2.75) is 46.4 Å². The zero-order valence-electron chi connectivity index (χ0n) is 13.3. The van der Waals surface area contributed by atoms with Gasteiger partial charge in [-0.3, -0.25) is 0 Å². The first-order chi connectivity index (χ1) is 10.2. The van der Waals surface area contributed by atoms with E-state index in [0.717, 1.165) is 24.5 Å². The van der Waals surface area contributed by atoms with Gasteiger partial charge in [-0.25, -0.2) is 9.67 Å². The van der Waals surface area contributed by atoms with Gasteiger partial charge in [-0.05, 0) is 33.4 Å². The molecule has 5 nitrogen and oxygen atoms in total. The van der Waals surface area contributed by atoms with Crippen molar-refractivity contribution in [3.63, 3.8) is 0 Å². The molecule has 0 radical (unpaired) electrons. The fourth-order valence-corrected chi connectivity index (χ4v) is 2.23. The second kappa shape index (κ2) is 7.22. The summed E-state index contributed by atoms with van der Waals surface area (Å²) in [5.41, 5.74) is 2.40. The normalized spacial score (nSPS) is 12.4. The van der Waals surface area contributed by atoms with Crippen molar-refractivity contribution in [2.75, 3.05) is 7.05 Å². The molecule has 0 amide bonds. The van der Waals surface area contributed by atoms with E-state index in [1.807, 2.05) is 17.8 Å². The Morgan fingerprint density at radius 1 is 1.38 bits per heavy atom. The lowest BCUT2D eigenvalue weighted by Crippen LogP contribution is -2.15. The summed E-state index contributed by atoms with van der Waals surface area (Å²) in [5.74, 6) is 1.76. The molecule has 0 saturated carbocycles. The highest BCUT2D eigenvalue weighted by Crippen LogP contribution is 2.26. The Morgan fingerprint density at radius 3 is 2.90 bits per heavy atom. The fourth-order valence-electron chi connectivity index (χ4n) is 2.23. The van der Waals surface area contributed by atoms with Crippen LogP contribution in [0.3, 0.4) is 0 Å². The molecule has 0 aliphatic heterocycles. The average Bonchev–Trinajstić information content (AvgIpc) is 2.93. The van der Waals surface area contributed by atoms with Gasteiger partial charge in [0.25, 0.3) is 0 Å². The van der Waals surface area contributed by atoms with Crippen molar-refractivity contribution < 1.29 is 4.74 Å². The number of benzene rings is 1. The van der Waals surface area contributed by atoms with Crippen molar-refractivity contribution in [1.82, 2.24) is 20.1 Å². The highest BCUT2D eigenvalue weighted by molar-refractivity contribution is 5.38. The molecule has 1 unspecified atom stereocenters. The van der Waals surface area contributed by atoms with Gasteiger partial charge in [0.2, 0.25) is 0 Å². The minimum atomic E-state index is 0.244. The summed E-state index contributed by atoms with van der Waals surface area (Å²) in [6.07, 6.45) is 2.61. The maximum absolute atomic E-state index is 5.98. The van der Waals surface area contributed by atoms with Crippen LogP contribution in [0.25, 0.3) is 0 Å². The Labute approximate surface area is 126 Å². The first kappa shape index (κ1) is 15.5. The van der Waals surface area contributed by atoms with Gasteiger partial charge in [0.05, 0.1) is 0 Å². The minimum absolute atomic E-state index is 0.244. The third kappa shape index (κ3) is 3.82. The van der Waals surface area contributed by atoms with Gasteiger partial charge in [0.15, 0.2) is 5.82 Å². The van der Waals surface area contributed by atoms with Crippen LogP contribution in [0.15, 0.2) is 24.5 Å². The molecule has 0 spiro atoms. The van der Waals surface area contributed by atoms with E-state index in [4.69, 9.17) is 4.74 Å². The fraction of sp³-hybridized carbons (Fsp3) is 0.500. The molecule has 0 saturated heterocycles. The van der Waals surface area contributed by atoms with Crippen molar-refractivity contribution in [2.24, 2.45) is 0 Å². The zero-order valence-corrected chi connectivity index (χ0v) is 13.3. The molecular formula is C16H24N4O. The maximum atomic E-state index is 5.98. The van der Waals surface area contributed by atoms with Crippen LogP contribution in [-0.4, -0.2) is 21.8 Å². The molecule has 2 rings (SSSR count). The Balaban J connectivity index is 2.14. The monoisotopic (exact) mass is 288 g/mol. The van der Waals surface area contributed by atoms with Crippen molar-refractivity contribution in [1.29, 1.82) is 0 Å². The Bertz CT molecular complexity index is 579. The molecule has 114 valence electrons. The SMILES string of the molecule is CCCn1ncnc1COc1ccc(C)cc1C(C)NC. The van der Waals surface area contributed by atoms with E-state index in [1.54, 1.807) is 6.33 Å². The van der Waals surface area contributed by atoms with Crippen molar-refractivity contribution in [3.8, 4) is 5.75 Å². The lowest BCUT2D eigenvalue weighted by molar-refractivity contribution is 0.281. The molecule has 1 atom stereocenters. The van der Waals surface area contributed by atoms with Crippen LogP contribution in [0, 0.1) is 6.92 Å². The van der Waals surface area contributed by atoms with Crippen LogP contribution >= 0.6 is 0 Å². The van der Waals surface area contributed by atoms with E-state index in [-0.39, 0.29) is 6.04 Å². The van der Waals surface area contributed by atoms with Crippen LogP contribution in [0.5, 0.6) is 5.75 Å². The molecule has 21 heavy (non-hydrogen) atoms. The van der Waals surface area contributed by atoms with Crippen LogP contribution in [0.1, 0.15) is 43.3 Å². The van der Waals surface area contributed by atoms with Gasteiger partial charge < -0.3 is 10.1 Å². The highest BCUT2D eigenvalue weighted by atomic mass is 16.5. The Kier molecular flexibility index (Phi) is 5.33. The summed E-state index contributed by atoms with van der Waals surface area (Å²) in [7, 11) is 1.95. The van der Waals surface area contributed by atoms with E-state index in [2.05, 4.69) is 48.3 Å². The first-order valence-electron chi connectivity index (χ1n) is 7.43. The van der Waals surface area contributed by atoms with E-state index in [0.29, 0.717) is 6.61 Å². The van der Waals surface area contributed by atoms with Gasteiger partial charge in [0, 0.05) is 18.2 Å². The third-order valence-electron chi connectivity index (χ3n) is 3.55. The zero-order chi connectivity index (χ0) is 15.2. The number of aromatic nitrogens is 3. The summed E-state index contributed by atoms with van der Waals surface area (Å²) >= 11 is 0. The smallest absolute Gasteiger partial charge is 0.164 e. The summed E-state index contributed by atoms with van der Waals surface area (Å²) in [6.45, 7) is 7.65. The van der Waals surface area contributed by atoms with Crippen LogP contribution in [-0.2, 0) is 13.2 Å². The van der Waals surface area contributed by atoms with Crippen molar-refractivity contribution >= 4 is 0 Å². The second-order valence-electron chi connectivity index (χ2n) is 5.24. The molecular weight excluding hydrogens is 264 g/mol. The summed E-state index contributed by atoms with van der Waals surface area (Å²) < 4.78 is 7.88. The quantitative estimate of drug-likeness (QED) is 0.851. The number of nitrogens with one attached hydrogen (secondary N) is 1. The molecule has 1 aromatic carbocycles. The molecule has 5 heteroatoms. The molecule has 0 aliphatic rings. The minimum Gasteiger partial charge on any atom is -0.485 e. The van der Waals surface area contributed by atoms with E-state index >= 15 is 0 Å². The Hall–Kier alpha value is -1.88. The number of nitrogens with zero attached hydrogens (tertiary/aromatic N) is 3. The van der Waals surface area contributed by atoms with Crippen LogP contribution in [0.4, 0.5) is 0 Å². The van der Waals surface area contributed by atoms with E-state index in [9.17, 15) is 0 Å². The average molecular weight is 288 g/mol. The second-order valence-corrected chi connectivity index (χ2v) is 5.24. The Morgan fingerprint density at radius 2 is 2.19 bits per heavy atom. The summed E-state index contributed by atoms with van der Waals surface area (Å²) in [6, 6.07) is 6.50. The van der Waals surface area contributed by atoms with Gasteiger partial charge in [-0.15, -0.1) is 0 Å². The number of ether oxygens (including phenoxy) is 1. The number of aryl methyl sites for hydroxylation is 2. The van der Waals surface area contributed by atoms with E-state index in [1.165, 1.54) is 11.1 Å². The largest absolute Gasteiger partial charge is 0.485 e. The highest BCUT2D eigenvalue weighted by Gasteiger charge is 2.12. The van der Waals surface area contributed by atoms with Gasteiger partial charge >= 0.3 is 0 Å². The molecule has 1 heterocycles. The number of hydrogen-bond donors (Lipinski definition) is 1. The number of hydrogen-bond acceptors (Lipinski definition) is 4. The lowest BCUT2D eigenvalue weighted by atomic mass is 10.0. The molecule has 1 N–H and O–H groups in total. The van der Waals surface area contributed by atoms with E-state index < -0.39 is 0 Å². The predicted octanol–water partition coefficient (Wildman–Crippen LogP) is 2.86. The standard InChI is InChI=1S/C16H24N4O/c1-5-8-20-16(18-11-19-20)10-21-15-7-6-12(2)9-14(15)13(3)17-4/h6-7,9,11,13,17H,5,8,10H2,1-4H3. The topological polar surface area (TPSA) is 52.0 Å². The van der Waals surface area contributed by atoms with Gasteiger partial charge in [-0.1, -0.05) is 24.6 Å². The predicted molar refractivity (Wildman–Crippen MR) is 83.3 cm³/mol. The van der Waals surface area contributed by atoms with Crippen LogP contribution < -0.4 is 10.1 Å². The van der Waals surface area contributed by atoms with Gasteiger partial charge in [0.1, 0.15) is 18.7 Å².